The van der Waals surface area contributed by atoms with E-state index in [4.69, 9.17) is 11.6 Å². The van der Waals surface area contributed by atoms with Gasteiger partial charge in [-0.3, -0.25) is 0 Å². The van der Waals surface area contributed by atoms with Gasteiger partial charge in [0.1, 0.15) is 0 Å². The Hall–Kier alpha value is -0.780. The molecule has 1 heterocycles. The summed E-state index contributed by atoms with van der Waals surface area (Å²) in [4.78, 5) is 1.99. The zero-order valence-electron chi connectivity index (χ0n) is 9.97. The molecule has 100 valence electrons. The third-order valence-corrected chi connectivity index (χ3v) is 5.22. The fraction of sp³-hybridized carbons (Fsp3) is 0.500. The van der Waals surface area contributed by atoms with Gasteiger partial charge in [0.2, 0.25) is 0 Å². The van der Waals surface area contributed by atoms with Crippen LogP contribution in [0.4, 0.5) is 5.69 Å². The number of rotatable bonds is 2. The molecule has 1 aliphatic rings. The molecule has 0 saturated carbocycles. The van der Waals surface area contributed by atoms with E-state index in [0.29, 0.717) is 30.1 Å². The lowest BCUT2D eigenvalue weighted by atomic mass is 10.1. The van der Waals surface area contributed by atoms with Gasteiger partial charge >= 0.3 is 0 Å². The van der Waals surface area contributed by atoms with E-state index >= 15 is 0 Å². The highest BCUT2D eigenvalue weighted by atomic mass is 35.5. The Kier molecular flexibility index (Phi) is 4.14. The second-order valence-corrected chi connectivity index (χ2v) is 7.10. The Morgan fingerprint density at radius 3 is 2.78 bits per heavy atom. The minimum Gasteiger partial charge on any atom is -0.392 e. The monoisotopic (exact) mass is 289 g/mol. The fourth-order valence-electron chi connectivity index (χ4n) is 2.18. The van der Waals surface area contributed by atoms with Crippen molar-refractivity contribution < 1.29 is 13.5 Å². The molecule has 1 saturated heterocycles. The van der Waals surface area contributed by atoms with Gasteiger partial charge in [0.15, 0.2) is 9.84 Å². The van der Waals surface area contributed by atoms with Gasteiger partial charge < -0.3 is 10.0 Å². The van der Waals surface area contributed by atoms with Crippen LogP contribution in [0.3, 0.4) is 0 Å². The second-order valence-electron chi connectivity index (χ2n) is 4.39. The topological polar surface area (TPSA) is 57.6 Å². The SMILES string of the molecule is O=S1(=O)CCCN(c2cccc(Cl)c2CO)CC1. The molecule has 0 amide bonds. The van der Waals surface area contributed by atoms with Crippen molar-refractivity contribution in [2.75, 3.05) is 29.5 Å². The molecule has 0 aromatic heterocycles. The lowest BCUT2D eigenvalue weighted by Crippen LogP contribution is -2.27. The second kappa shape index (κ2) is 5.47. The maximum absolute atomic E-state index is 11.6. The molecular weight excluding hydrogens is 274 g/mol. The number of benzene rings is 1. The van der Waals surface area contributed by atoms with Crippen LogP contribution in [-0.4, -0.2) is 38.1 Å². The first-order chi connectivity index (χ1) is 8.53. The molecule has 2 rings (SSSR count). The van der Waals surface area contributed by atoms with E-state index < -0.39 is 9.84 Å². The molecule has 0 atom stereocenters. The highest BCUT2D eigenvalue weighted by Crippen LogP contribution is 2.28. The molecular formula is C12H16ClNO3S. The molecule has 0 unspecified atom stereocenters. The Labute approximate surface area is 112 Å². The van der Waals surface area contributed by atoms with E-state index in [9.17, 15) is 13.5 Å². The Morgan fingerprint density at radius 1 is 1.28 bits per heavy atom. The van der Waals surface area contributed by atoms with Gasteiger partial charge in [0, 0.05) is 29.4 Å². The molecule has 0 spiro atoms. The van der Waals surface area contributed by atoms with Gasteiger partial charge in [-0.05, 0) is 18.6 Å². The molecule has 1 aromatic carbocycles. The van der Waals surface area contributed by atoms with Crippen molar-refractivity contribution in [3.63, 3.8) is 0 Å². The predicted octanol–water partition coefficient (Wildman–Crippen LogP) is 1.46. The number of halogens is 1. The minimum atomic E-state index is -2.93. The summed E-state index contributed by atoms with van der Waals surface area (Å²) in [5, 5.41) is 9.89. The third kappa shape index (κ3) is 2.96. The van der Waals surface area contributed by atoms with Crippen LogP contribution in [0.25, 0.3) is 0 Å². The van der Waals surface area contributed by atoms with Gasteiger partial charge in [-0.1, -0.05) is 17.7 Å². The normalized spacial score (nSPS) is 19.6. The maximum atomic E-state index is 11.6. The van der Waals surface area contributed by atoms with Gasteiger partial charge in [-0.25, -0.2) is 8.42 Å². The van der Waals surface area contributed by atoms with Crippen LogP contribution in [0, 0.1) is 0 Å². The molecule has 6 heteroatoms. The summed E-state index contributed by atoms with van der Waals surface area (Å²) in [6, 6.07) is 5.41. The first-order valence-corrected chi connectivity index (χ1v) is 8.07. The van der Waals surface area contributed by atoms with E-state index in [1.54, 1.807) is 6.07 Å². The quantitative estimate of drug-likeness (QED) is 0.895. The summed E-state index contributed by atoms with van der Waals surface area (Å²) in [5.41, 5.74) is 1.50. The number of sulfone groups is 1. The standard InChI is InChI=1S/C12H16ClNO3S/c13-11-3-1-4-12(10(11)9-15)14-5-2-7-18(16,17)8-6-14/h1,3-4,15H,2,5-9H2. The molecule has 1 aliphatic heterocycles. The summed E-state index contributed by atoms with van der Waals surface area (Å²) >= 11 is 6.04. The van der Waals surface area contributed by atoms with E-state index in [-0.39, 0.29) is 18.1 Å². The summed E-state index contributed by atoms with van der Waals surface area (Å²) in [6.45, 7) is 0.987. The molecule has 1 aromatic rings. The zero-order valence-corrected chi connectivity index (χ0v) is 11.5. The predicted molar refractivity (Wildman–Crippen MR) is 72.9 cm³/mol. The van der Waals surface area contributed by atoms with Crippen LogP contribution in [-0.2, 0) is 16.4 Å². The van der Waals surface area contributed by atoms with E-state index in [0.717, 1.165) is 5.69 Å². The Balaban J connectivity index is 2.29. The zero-order chi connectivity index (χ0) is 13.2. The lowest BCUT2D eigenvalue weighted by Gasteiger charge is -2.25. The number of anilines is 1. The van der Waals surface area contributed by atoms with Crippen LogP contribution < -0.4 is 4.90 Å². The van der Waals surface area contributed by atoms with Crippen molar-refractivity contribution in [1.29, 1.82) is 0 Å². The van der Waals surface area contributed by atoms with Crippen LogP contribution >= 0.6 is 11.6 Å². The highest BCUT2D eigenvalue weighted by molar-refractivity contribution is 7.91. The van der Waals surface area contributed by atoms with E-state index in [1.165, 1.54) is 0 Å². The van der Waals surface area contributed by atoms with Gasteiger partial charge in [-0.15, -0.1) is 0 Å². The maximum Gasteiger partial charge on any atom is 0.152 e. The van der Waals surface area contributed by atoms with E-state index in [2.05, 4.69) is 0 Å². The van der Waals surface area contributed by atoms with Crippen molar-refractivity contribution in [3.05, 3.63) is 28.8 Å². The smallest absolute Gasteiger partial charge is 0.152 e. The molecule has 18 heavy (non-hydrogen) atoms. The number of nitrogens with zero attached hydrogens (tertiary/aromatic N) is 1. The molecule has 0 radical (unpaired) electrons. The van der Waals surface area contributed by atoms with Gasteiger partial charge in [0.05, 0.1) is 18.1 Å². The Morgan fingerprint density at radius 2 is 2.06 bits per heavy atom. The average Bonchev–Trinajstić information content (AvgIpc) is 2.50. The summed E-state index contributed by atoms with van der Waals surface area (Å²) in [7, 11) is -2.93. The van der Waals surface area contributed by atoms with Gasteiger partial charge in [-0.2, -0.15) is 0 Å². The van der Waals surface area contributed by atoms with E-state index in [1.807, 2.05) is 17.0 Å². The number of aliphatic hydroxyl groups excluding tert-OH is 1. The van der Waals surface area contributed by atoms with Crippen LogP contribution in [0.2, 0.25) is 5.02 Å². The summed E-state index contributed by atoms with van der Waals surface area (Å²) in [6.07, 6.45) is 0.611. The van der Waals surface area contributed by atoms with Crippen LogP contribution in [0.5, 0.6) is 0 Å². The number of aliphatic hydroxyl groups is 1. The largest absolute Gasteiger partial charge is 0.392 e. The third-order valence-electron chi connectivity index (χ3n) is 3.15. The lowest BCUT2D eigenvalue weighted by molar-refractivity contribution is 0.282. The van der Waals surface area contributed by atoms with Gasteiger partial charge in [0.25, 0.3) is 0 Å². The summed E-state index contributed by atoms with van der Waals surface area (Å²) in [5.74, 6) is 0.392. The first-order valence-electron chi connectivity index (χ1n) is 5.87. The van der Waals surface area contributed by atoms with Crippen LogP contribution in [0.1, 0.15) is 12.0 Å². The molecule has 0 bridgehead atoms. The minimum absolute atomic E-state index is 0.141. The molecule has 0 aliphatic carbocycles. The van der Waals surface area contributed by atoms with Crippen molar-refractivity contribution in [2.45, 2.75) is 13.0 Å². The van der Waals surface area contributed by atoms with Crippen molar-refractivity contribution >= 4 is 27.1 Å². The summed E-state index contributed by atoms with van der Waals surface area (Å²) < 4.78 is 23.1. The molecule has 4 nitrogen and oxygen atoms in total. The van der Waals surface area contributed by atoms with Crippen LogP contribution in [0.15, 0.2) is 18.2 Å². The van der Waals surface area contributed by atoms with Crippen molar-refractivity contribution in [3.8, 4) is 0 Å². The average molecular weight is 290 g/mol. The fourth-order valence-corrected chi connectivity index (χ4v) is 3.68. The Bertz CT molecular complexity index is 530. The van der Waals surface area contributed by atoms with Crippen molar-refractivity contribution in [2.24, 2.45) is 0 Å². The first kappa shape index (κ1) is 13.6. The number of hydrogen-bond donors (Lipinski definition) is 1. The molecule has 1 fully saturated rings. The number of hydrogen-bond acceptors (Lipinski definition) is 4. The van der Waals surface area contributed by atoms with Crippen molar-refractivity contribution in [1.82, 2.24) is 0 Å². The molecule has 1 N–H and O–H groups in total. The highest BCUT2D eigenvalue weighted by Gasteiger charge is 2.21.